The maximum Gasteiger partial charge on any atom is 0.311 e. The summed E-state index contributed by atoms with van der Waals surface area (Å²) in [5, 5.41) is 2.14. The number of hydrogen-bond acceptors (Lipinski definition) is 5. The van der Waals surface area contributed by atoms with Crippen LogP contribution in [-0.4, -0.2) is 27.3 Å². The fourth-order valence-electron chi connectivity index (χ4n) is 2.94. The standard InChI is InChI=1S/C22H22O5/c1-24-19-12-15(13-20(25-2)22(19)26-3)8-11-21(23)27-18-10-9-16-6-4-5-7-17(16)14-18/h4-7,9-10,12-14H,8,11H2,1-3H3. The number of benzene rings is 3. The van der Waals surface area contributed by atoms with Gasteiger partial charge in [0, 0.05) is 6.42 Å². The highest BCUT2D eigenvalue weighted by Gasteiger charge is 2.14. The van der Waals surface area contributed by atoms with Crippen molar-refractivity contribution in [2.24, 2.45) is 0 Å². The first-order valence-electron chi connectivity index (χ1n) is 8.63. The van der Waals surface area contributed by atoms with Gasteiger partial charge in [0.15, 0.2) is 11.5 Å². The van der Waals surface area contributed by atoms with Gasteiger partial charge in [-0.05, 0) is 47.0 Å². The van der Waals surface area contributed by atoms with Gasteiger partial charge in [0.2, 0.25) is 5.75 Å². The van der Waals surface area contributed by atoms with Gasteiger partial charge >= 0.3 is 5.97 Å². The molecular weight excluding hydrogens is 344 g/mol. The molecule has 0 bridgehead atoms. The molecule has 0 saturated carbocycles. The zero-order valence-electron chi connectivity index (χ0n) is 15.7. The molecule has 5 nitrogen and oxygen atoms in total. The van der Waals surface area contributed by atoms with Crippen molar-refractivity contribution in [1.82, 2.24) is 0 Å². The van der Waals surface area contributed by atoms with Crippen LogP contribution in [-0.2, 0) is 11.2 Å². The Labute approximate surface area is 158 Å². The van der Waals surface area contributed by atoms with Gasteiger partial charge in [-0.25, -0.2) is 0 Å². The minimum absolute atomic E-state index is 0.242. The zero-order chi connectivity index (χ0) is 19.2. The number of methoxy groups -OCH3 is 3. The topological polar surface area (TPSA) is 54.0 Å². The number of ether oxygens (including phenoxy) is 4. The lowest BCUT2D eigenvalue weighted by molar-refractivity contribution is -0.134. The van der Waals surface area contributed by atoms with Crippen molar-refractivity contribution < 1.29 is 23.7 Å². The van der Waals surface area contributed by atoms with E-state index in [1.165, 1.54) is 0 Å². The number of hydrogen-bond donors (Lipinski definition) is 0. The van der Waals surface area contributed by atoms with Crippen LogP contribution in [0.5, 0.6) is 23.0 Å². The molecule has 27 heavy (non-hydrogen) atoms. The number of esters is 1. The molecule has 0 amide bonds. The molecule has 3 aromatic carbocycles. The summed E-state index contributed by atoms with van der Waals surface area (Å²) >= 11 is 0. The Morgan fingerprint density at radius 2 is 1.48 bits per heavy atom. The lowest BCUT2D eigenvalue weighted by atomic mass is 10.1. The predicted octanol–water partition coefficient (Wildman–Crippen LogP) is 4.40. The van der Waals surface area contributed by atoms with Gasteiger partial charge in [0.25, 0.3) is 0 Å². The van der Waals surface area contributed by atoms with E-state index in [-0.39, 0.29) is 12.4 Å². The minimum Gasteiger partial charge on any atom is -0.493 e. The Kier molecular flexibility index (Phi) is 5.81. The van der Waals surface area contributed by atoms with Crippen molar-refractivity contribution in [1.29, 1.82) is 0 Å². The van der Waals surface area contributed by atoms with E-state index in [0.29, 0.717) is 29.4 Å². The third-order valence-corrected chi connectivity index (χ3v) is 4.29. The molecule has 0 aliphatic heterocycles. The fraction of sp³-hybridized carbons (Fsp3) is 0.227. The molecule has 5 heteroatoms. The molecule has 0 radical (unpaired) electrons. The Balaban J connectivity index is 1.67. The minimum atomic E-state index is -0.293. The molecule has 0 aliphatic rings. The van der Waals surface area contributed by atoms with E-state index in [9.17, 15) is 4.79 Å². The maximum atomic E-state index is 12.2. The van der Waals surface area contributed by atoms with Crippen LogP contribution in [0.25, 0.3) is 10.8 Å². The van der Waals surface area contributed by atoms with Crippen molar-refractivity contribution >= 4 is 16.7 Å². The highest BCUT2D eigenvalue weighted by Crippen LogP contribution is 2.38. The van der Waals surface area contributed by atoms with Crippen molar-refractivity contribution in [2.75, 3.05) is 21.3 Å². The van der Waals surface area contributed by atoms with Gasteiger partial charge in [-0.1, -0.05) is 30.3 Å². The van der Waals surface area contributed by atoms with Crippen molar-refractivity contribution in [3.8, 4) is 23.0 Å². The third-order valence-electron chi connectivity index (χ3n) is 4.29. The highest BCUT2D eigenvalue weighted by atomic mass is 16.5. The predicted molar refractivity (Wildman–Crippen MR) is 104 cm³/mol. The van der Waals surface area contributed by atoms with E-state index < -0.39 is 0 Å². The number of carbonyl (C=O) groups excluding carboxylic acids is 1. The normalized spacial score (nSPS) is 10.5. The van der Waals surface area contributed by atoms with Crippen LogP contribution in [0.15, 0.2) is 54.6 Å². The molecule has 0 heterocycles. The third kappa shape index (κ3) is 4.31. The van der Waals surface area contributed by atoms with Crippen LogP contribution in [0.1, 0.15) is 12.0 Å². The molecule has 0 aliphatic carbocycles. The van der Waals surface area contributed by atoms with Gasteiger partial charge in [-0.15, -0.1) is 0 Å². The molecule has 0 saturated heterocycles. The molecule has 3 rings (SSSR count). The lowest BCUT2D eigenvalue weighted by Crippen LogP contribution is -2.09. The Hall–Kier alpha value is -3.21. The van der Waals surface area contributed by atoms with E-state index in [1.54, 1.807) is 27.4 Å². The summed E-state index contributed by atoms with van der Waals surface area (Å²) in [5.41, 5.74) is 0.903. The number of carbonyl (C=O) groups is 1. The maximum absolute atomic E-state index is 12.2. The number of fused-ring (bicyclic) bond motifs is 1. The second-order valence-electron chi connectivity index (χ2n) is 6.02. The highest BCUT2D eigenvalue weighted by molar-refractivity contribution is 5.84. The van der Waals surface area contributed by atoms with E-state index >= 15 is 0 Å². The summed E-state index contributed by atoms with van der Waals surface area (Å²) < 4.78 is 21.5. The smallest absolute Gasteiger partial charge is 0.311 e. The summed E-state index contributed by atoms with van der Waals surface area (Å²) in [4.78, 5) is 12.2. The molecule has 0 unspecified atom stereocenters. The molecular formula is C22H22O5. The average molecular weight is 366 g/mol. The molecule has 0 spiro atoms. The summed E-state index contributed by atoms with van der Waals surface area (Å²) in [6.07, 6.45) is 0.745. The Morgan fingerprint density at radius 3 is 2.11 bits per heavy atom. The summed E-state index contributed by atoms with van der Waals surface area (Å²) in [6.45, 7) is 0. The Bertz CT molecular complexity index is 923. The largest absolute Gasteiger partial charge is 0.493 e. The van der Waals surface area contributed by atoms with Gasteiger partial charge in [-0.2, -0.15) is 0 Å². The van der Waals surface area contributed by atoms with Crippen LogP contribution in [0, 0.1) is 0 Å². The van der Waals surface area contributed by atoms with E-state index in [0.717, 1.165) is 16.3 Å². The van der Waals surface area contributed by atoms with Crippen LogP contribution in [0.4, 0.5) is 0 Å². The first kappa shape index (κ1) is 18.6. The molecule has 3 aromatic rings. The number of rotatable bonds is 7. The Morgan fingerprint density at radius 1 is 0.815 bits per heavy atom. The van der Waals surface area contributed by atoms with Crippen LogP contribution >= 0.6 is 0 Å². The van der Waals surface area contributed by atoms with E-state index in [1.807, 2.05) is 48.5 Å². The fourth-order valence-corrected chi connectivity index (χ4v) is 2.94. The summed E-state index contributed by atoms with van der Waals surface area (Å²) in [6, 6.07) is 17.2. The van der Waals surface area contributed by atoms with Gasteiger partial charge in [0.1, 0.15) is 5.75 Å². The summed E-state index contributed by atoms with van der Waals surface area (Å²) in [7, 11) is 4.69. The van der Waals surface area contributed by atoms with Gasteiger partial charge in [-0.3, -0.25) is 4.79 Å². The lowest BCUT2D eigenvalue weighted by Gasteiger charge is -2.14. The first-order chi connectivity index (χ1) is 13.1. The van der Waals surface area contributed by atoms with Crippen molar-refractivity contribution in [2.45, 2.75) is 12.8 Å². The first-order valence-corrected chi connectivity index (χ1v) is 8.63. The zero-order valence-corrected chi connectivity index (χ0v) is 15.7. The van der Waals surface area contributed by atoms with Gasteiger partial charge in [0.05, 0.1) is 21.3 Å². The molecule has 0 atom stereocenters. The monoisotopic (exact) mass is 366 g/mol. The SMILES string of the molecule is COc1cc(CCC(=O)Oc2ccc3ccccc3c2)cc(OC)c1OC. The van der Waals surface area contributed by atoms with Gasteiger partial charge < -0.3 is 18.9 Å². The van der Waals surface area contributed by atoms with Crippen molar-refractivity contribution in [3.05, 3.63) is 60.2 Å². The molecule has 140 valence electrons. The van der Waals surface area contributed by atoms with Crippen LogP contribution < -0.4 is 18.9 Å². The van der Waals surface area contributed by atoms with Crippen LogP contribution in [0.2, 0.25) is 0 Å². The quantitative estimate of drug-likeness (QED) is 0.458. The molecule has 0 aromatic heterocycles. The number of aryl methyl sites for hydroxylation is 1. The second-order valence-corrected chi connectivity index (χ2v) is 6.02. The van der Waals surface area contributed by atoms with Crippen LogP contribution in [0.3, 0.4) is 0 Å². The van der Waals surface area contributed by atoms with E-state index in [4.69, 9.17) is 18.9 Å². The molecule has 0 fully saturated rings. The molecule has 0 N–H and O–H groups in total. The van der Waals surface area contributed by atoms with Crippen molar-refractivity contribution in [3.63, 3.8) is 0 Å². The van der Waals surface area contributed by atoms with E-state index in [2.05, 4.69) is 0 Å². The average Bonchev–Trinajstić information content (AvgIpc) is 2.71. The second kappa shape index (κ2) is 8.45. The summed E-state index contributed by atoms with van der Waals surface area (Å²) in [5.74, 6) is 1.91.